The third-order valence-corrected chi connectivity index (χ3v) is 3.16. The number of ether oxygens (including phenoxy) is 1. The molecule has 3 aliphatic rings. The fourth-order valence-corrected chi connectivity index (χ4v) is 2.28. The van der Waals surface area contributed by atoms with E-state index >= 15 is 0 Å². The number of methoxy groups -OCH3 is 1. The van der Waals surface area contributed by atoms with E-state index in [4.69, 9.17) is 4.74 Å². The normalized spacial score (nSPS) is 49.4. The van der Waals surface area contributed by atoms with Crippen LogP contribution in [0.5, 0.6) is 0 Å². The van der Waals surface area contributed by atoms with E-state index in [2.05, 4.69) is 0 Å². The van der Waals surface area contributed by atoms with Crippen molar-refractivity contribution in [3.63, 3.8) is 0 Å². The Morgan fingerprint density at radius 2 is 1.90 bits per heavy atom. The Morgan fingerprint density at radius 3 is 2.20 bits per heavy atom. The van der Waals surface area contributed by atoms with Gasteiger partial charge in [0.1, 0.15) is 5.78 Å². The summed E-state index contributed by atoms with van der Waals surface area (Å²) in [6, 6.07) is 0. The molecule has 0 saturated heterocycles. The van der Waals surface area contributed by atoms with Crippen molar-refractivity contribution in [3.05, 3.63) is 0 Å². The van der Waals surface area contributed by atoms with Gasteiger partial charge in [-0.1, -0.05) is 0 Å². The predicted octanol–water partition coefficient (Wildman–Crippen LogP) is 1.14. The molecule has 3 fully saturated rings. The van der Waals surface area contributed by atoms with Crippen molar-refractivity contribution in [2.75, 3.05) is 7.11 Å². The summed E-state index contributed by atoms with van der Waals surface area (Å²) in [4.78, 5) is 11.0. The molecule has 3 saturated carbocycles. The summed E-state index contributed by atoms with van der Waals surface area (Å²) in [5, 5.41) is 0. The van der Waals surface area contributed by atoms with Crippen LogP contribution in [0, 0.1) is 5.41 Å². The van der Waals surface area contributed by atoms with E-state index in [9.17, 15) is 4.79 Å². The highest BCUT2D eigenvalue weighted by molar-refractivity contribution is 5.86. The summed E-state index contributed by atoms with van der Waals surface area (Å²) in [6.07, 6.45) is 2.93. The topological polar surface area (TPSA) is 26.3 Å². The highest BCUT2D eigenvalue weighted by atomic mass is 16.5. The van der Waals surface area contributed by atoms with Crippen molar-refractivity contribution < 1.29 is 9.53 Å². The van der Waals surface area contributed by atoms with Gasteiger partial charge in [-0.05, 0) is 26.2 Å². The minimum atomic E-state index is 0.0655. The first-order chi connectivity index (χ1) is 4.63. The molecule has 56 valence electrons. The zero-order chi connectivity index (χ0) is 7.41. The number of hydrogen-bond acceptors (Lipinski definition) is 2. The first-order valence-corrected chi connectivity index (χ1v) is 3.69. The van der Waals surface area contributed by atoms with Gasteiger partial charge in [0.15, 0.2) is 0 Å². The molecule has 0 aliphatic heterocycles. The summed E-state index contributed by atoms with van der Waals surface area (Å²) >= 11 is 0. The number of ketones is 1. The van der Waals surface area contributed by atoms with Gasteiger partial charge >= 0.3 is 0 Å². The second-order valence-electron chi connectivity index (χ2n) is 3.75. The third kappa shape index (κ3) is 0.473. The third-order valence-electron chi connectivity index (χ3n) is 3.16. The van der Waals surface area contributed by atoms with Crippen LogP contribution in [0.25, 0.3) is 0 Å². The number of carbonyl (C=O) groups is 1. The highest BCUT2D eigenvalue weighted by Gasteiger charge is 2.70. The average Bonchev–Trinajstić information content (AvgIpc) is 1.57. The second kappa shape index (κ2) is 1.45. The maximum Gasteiger partial charge on any atom is 0.136 e. The first kappa shape index (κ1) is 6.35. The van der Waals surface area contributed by atoms with Crippen LogP contribution >= 0.6 is 0 Å². The Hall–Kier alpha value is -0.370. The maximum absolute atomic E-state index is 11.0. The second-order valence-corrected chi connectivity index (χ2v) is 3.75. The molecule has 0 N–H and O–H groups in total. The Labute approximate surface area is 60.6 Å². The lowest BCUT2D eigenvalue weighted by atomic mass is 9.40. The number of rotatable bonds is 2. The van der Waals surface area contributed by atoms with Gasteiger partial charge in [-0.3, -0.25) is 4.79 Å². The van der Waals surface area contributed by atoms with Crippen LogP contribution in [0.15, 0.2) is 0 Å². The average molecular weight is 140 g/mol. The highest BCUT2D eigenvalue weighted by Crippen LogP contribution is 2.69. The van der Waals surface area contributed by atoms with Crippen LogP contribution in [0.3, 0.4) is 0 Å². The fraction of sp³-hybridized carbons (Fsp3) is 0.875. The Kier molecular flexibility index (Phi) is 0.919. The molecular weight excluding hydrogens is 128 g/mol. The minimum Gasteiger partial charge on any atom is -0.378 e. The fourth-order valence-electron chi connectivity index (χ4n) is 2.28. The van der Waals surface area contributed by atoms with E-state index in [0.717, 1.165) is 19.3 Å². The van der Waals surface area contributed by atoms with E-state index in [0.29, 0.717) is 5.78 Å². The molecule has 0 amide bonds. The van der Waals surface area contributed by atoms with E-state index in [1.807, 2.05) is 0 Å². The molecule has 0 atom stereocenters. The first-order valence-electron chi connectivity index (χ1n) is 3.69. The summed E-state index contributed by atoms with van der Waals surface area (Å²) in [7, 11) is 1.74. The molecule has 0 spiro atoms. The van der Waals surface area contributed by atoms with Gasteiger partial charge in [0, 0.05) is 12.5 Å². The van der Waals surface area contributed by atoms with Crippen LogP contribution in [0.4, 0.5) is 0 Å². The molecule has 0 aromatic heterocycles. The van der Waals surface area contributed by atoms with Crippen molar-refractivity contribution in [1.82, 2.24) is 0 Å². The predicted molar refractivity (Wildman–Crippen MR) is 36.7 cm³/mol. The largest absolute Gasteiger partial charge is 0.378 e. The summed E-state index contributed by atoms with van der Waals surface area (Å²) < 4.78 is 5.26. The number of carbonyl (C=O) groups excluding carboxylic acids is 1. The van der Waals surface area contributed by atoms with Crippen LogP contribution in [-0.2, 0) is 9.53 Å². The van der Waals surface area contributed by atoms with E-state index in [1.165, 1.54) is 0 Å². The molecule has 2 heteroatoms. The molecule has 3 aliphatic carbocycles. The van der Waals surface area contributed by atoms with E-state index in [1.54, 1.807) is 14.0 Å². The Bertz CT molecular complexity index is 176. The molecule has 0 aromatic carbocycles. The van der Waals surface area contributed by atoms with Gasteiger partial charge in [-0.15, -0.1) is 0 Å². The van der Waals surface area contributed by atoms with Gasteiger partial charge in [0.05, 0.1) is 5.60 Å². The molecular formula is C8H12O2. The monoisotopic (exact) mass is 140 g/mol. The standard InChI is InChI=1S/C8H12O2/c1-6(9)7-3-8(4-7,5-7)10-2/h3-5H2,1-2H3. The maximum atomic E-state index is 11.0. The van der Waals surface area contributed by atoms with Gasteiger partial charge < -0.3 is 4.74 Å². The number of Topliss-reactive ketones (excluding diaryl/α,β-unsaturated/α-hetero) is 1. The van der Waals surface area contributed by atoms with Crippen molar-refractivity contribution in [2.45, 2.75) is 31.8 Å². The van der Waals surface area contributed by atoms with Crippen molar-refractivity contribution >= 4 is 5.78 Å². The van der Waals surface area contributed by atoms with Gasteiger partial charge in [-0.25, -0.2) is 0 Å². The zero-order valence-electron chi connectivity index (χ0n) is 6.44. The SMILES string of the molecule is COC12CC(C(C)=O)(C1)C2. The Balaban J connectivity index is 2.04. The van der Waals surface area contributed by atoms with Crippen LogP contribution in [0.1, 0.15) is 26.2 Å². The molecule has 0 aromatic rings. The van der Waals surface area contributed by atoms with Crippen LogP contribution in [0.2, 0.25) is 0 Å². The van der Waals surface area contributed by atoms with E-state index < -0.39 is 0 Å². The molecule has 0 radical (unpaired) electrons. The molecule has 2 bridgehead atoms. The van der Waals surface area contributed by atoms with Gasteiger partial charge in [-0.2, -0.15) is 0 Å². The lowest BCUT2D eigenvalue weighted by molar-refractivity contribution is -0.261. The van der Waals surface area contributed by atoms with Crippen molar-refractivity contribution in [3.8, 4) is 0 Å². The summed E-state index contributed by atoms with van der Waals surface area (Å²) in [6.45, 7) is 1.69. The molecule has 2 nitrogen and oxygen atoms in total. The van der Waals surface area contributed by atoms with Crippen LogP contribution < -0.4 is 0 Å². The number of hydrogen-bond donors (Lipinski definition) is 0. The quantitative estimate of drug-likeness (QED) is 0.575. The lowest BCUT2D eigenvalue weighted by Gasteiger charge is -2.68. The van der Waals surface area contributed by atoms with Gasteiger partial charge in [0.2, 0.25) is 0 Å². The molecule has 10 heavy (non-hydrogen) atoms. The van der Waals surface area contributed by atoms with Crippen LogP contribution in [-0.4, -0.2) is 18.5 Å². The van der Waals surface area contributed by atoms with Crippen molar-refractivity contribution in [2.24, 2.45) is 5.41 Å². The summed E-state index contributed by atoms with van der Waals surface area (Å²) in [5.74, 6) is 0.353. The molecule has 3 rings (SSSR count). The zero-order valence-corrected chi connectivity index (χ0v) is 6.44. The van der Waals surface area contributed by atoms with Gasteiger partial charge in [0.25, 0.3) is 0 Å². The molecule has 0 heterocycles. The summed E-state index contributed by atoms with van der Waals surface area (Å²) in [5.41, 5.74) is 0.196. The molecule has 0 unspecified atom stereocenters. The van der Waals surface area contributed by atoms with E-state index in [-0.39, 0.29) is 11.0 Å². The smallest absolute Gasteiger partial charge is 0.136 e. The lowest BCUT2D eigenvalue weighted by Crippen LogP contribution is -2.70. The minimum absolute atomic E-state index is 0.0655. The Morgan fingerprint density at radius 1 is 1.40 bits per heavy atom. The van der Waals surface area contributed by atoms with Crippen molar-refractivity contribution in [1.29, 1.82) is 0 Å².